The Bertz CT molecular complexity index is 634. The van der Waals surface area contributed by atoms with Gasteiger partial charge in [-0.25, -0.2) is 0 Å². The summed E-state index contributed by atoms with van der Waals surface area (Å²) < 4.78 is 29.6. The first kappa shape index (κ1) is 19.9. The first-order valence-electron chi connectivity index (χ1n) is 8.33. The van der Waals surface area contributed by atoms with Crippen molar-refractivity contribution in [3.05, 3.63) is 34.9 Å². The van der Waals surface area contributed by atoms with Gasteiger partial charge in [0, 0.05) is 37.7 Å². The molecule has 1 N–H and O–H groups in total. The van der Waals surface area contributed by atoms with Gasteiger partial charge in [0.1, 0.15) is 0 Å². The number of nitrogens with one attached hydrogen (secondary N) is 1. The molecule has 3 rings (SSSR count). The number of hydrogen-bond acceptors (Lipinski definition) is 3. The van der Waals surface area contributed by atoms with Crippen LogP contribution in [0.4, 0.5) is 0 Å². The predicted octanol–water partition coefficient (Wildman–Crippen LogP) is 2.83. The average molecular weight is 394 g/mol. The Morgan fingerprint density at radius 2 is 1.71 bits per heavy atom. The minimum absolute atomic E-state index is 0. The van der Waals surface area contributed by atoms with E-state index in [9.17, 15) is 8.42 Å². The van der Waals surface area contributed by atoms with Crippen LogP contribution in [-0.4, -0.2) is 49.8 Å². The second kappa shape index (κ2) is 8.83. The van der Waals surface area contributed by atoms with Crippen LogP contribution in [0.15, 0.2) is 24.3 Å². The normalized spacial score (nSPS) is 24.1. The molecular weight excluding hydrogens is 369 g/mol. The van der Waals surface area contributed by atoms with Crippen LogP contribution in [0.2, 0.25) is 5.02 Å². The zero-order chi connectivity index (χ0) is 16.3. The van der Waals surface area contributed by atoms with Gasteiger partial charge < -0.3 is 5.32 Å². The topological polar surface area (TPSA) is 52.7 Å². The van der Waals surface area contributed by atoms with Gasteiger partial charge in [-0.2, -0.15) is 17.0 Å². The van der Waals surface area contributed by atoms with Gasteiger partial charge in [-0.05, 0) is 24.5 Å². The van der Waals surface area contributed by atoms with Crippen molar-refractivity contribution in [1.29, 1.82) is 0 Å². The zero-order valence-corrected chi connectivity index (χ0v) is 16.0. The maximum Gasteiger partial charge on any atom is 0.282 e. The number of rotatable bonds is 3. The van der Waals surface area contributed by atoms with Crippen molar-refractivity contribution in [2.45, 2.75) is 31.7 Å². The summed E-state index contributed by atoms with van der Waals surface area (Å²) in [5.74, 6) is 0. The van der Waals surface area contributed by atoms with Gasteiger partial charge in [0.2, 0.25) is 0 Å². The third-order valence-corrected chi connectivity index (χ3v) is 7.04. The molecule has 2 fully saturated rings. The molecule has 0 spiro atoms. The summed E-state index contributed by atoms with van der Waals surface area (Å²) in [4.78, 5) is 0. The highest BCUT2D eigenvalue weighted by atomic mass is 35.5. The van der Waals surface area contributed by atoms with Crippen molar-refractivity contribution in [3.63, 3.8) is 0 Å². The second-order valence-corrected chi connectivity index (χ2v) is 8.46. The molecular formula is C16H25Cl2N3O2S. The van der Waals surface area contributed by atoms with E-state index in [4.69, 9.17) is 11.6 Å². The number of halogens is 2. The van der Waals surface area contributed by atoms with Crippen LogP contribution in [-0.2, 0) is 10.2 Å². The molecule has 2 aliphatic rings. The Morgan fingerprint density at radius 1 is 1.04 bits per heavy atom. The molecule has 2 heterocycles. The molecule has 0 amide bonds. The molecule has 1 unspecified atom stereocenters. The lowest BCUT2D eigenvalue weighted by atomic mass is 10.1. The van der Waals surface area contributed by atoms with Gasteiger partial charge in [-0.3, -0.25) is 0 Å². The molecule has 0 aromatic heterocycles. The number of hydrogen-bond donors (Lipinski definition) is 1. The van der Waals surface area contributed by atoms with E-state index in [0.717, 1.165) is 31.2 Å². The lowest BCUT2D eigenvalue weighted by Gasteiger charge is -2.38. The quantitative estimate of drug-likeness (QED) is 0.858. The Labute approximate surface area is 155 Å². The second-order valence-electron chi connectivity index (χ2n) is 6.17. The van der Waals surface area contributed by atoms with E-state index in [0.29, 0.717) is 37.7 Å². The highest BCUT2D eigenvalue weighted by Crippen LogP contribution is 2.32. The molecule has 8 heteroatoms. The number of benzene rings is 1. The van der Waals surface area contributed by atoms with Crippen LogP contribution in [0, 0.1) is 0 Å². The lowest BCUT2D eigenvalue weighted by molar-refractivity contribution is 0.247. The third kappa shape index (κ3) is 4.23. The van der Waals surface area contributed by atoms with Crippen LogP contribution < -0.4 is 5.32 Å². The molecule has 0 radical (unpaired) electrons. The largest absolute Gasteiger partial charge is 0.313 e. The van der Waals surface area contributed by atoms with Gasteiger partial charge in [-0.15, -0.1) is 12.4 Å². The number of piperazine rings is 1. The summed E-state index contributed by atoms with van der Waals surface area (Å²) in [6.07, 6.45) is 4.12. The van der Waals surface area contributed by atoms with E-state index in [-0.39, 0.29) is 18.4 Å². The van der Waals surface area contributed by atoms with Gasteiger partial charge in [-0.1, -0.05) is 42.6 Å². The predicted molar refractivity (Wildman–Crippen MR) is 100.0 cm³/mol. The molecule has 0 bridgehead atoms. The highest BCUT2D eigenvalue weighted by Gasteiger charge is 2.37. The van der Waals surface area contributed by atoms with Crippen molar-refractivity contribution in [3.8, 4) is 0 Å². The van der Waals surface area contributed by atoms with Crippen LogP contribution in [0.1, 0.15) is 37.3 Å². The molecule has 24 heavy (non-hydrogen) atoms. The zero-order valence-electron chi connectivity index (χ0n) is 13.7. The average Bonchev–Trinajstić information content (AvgIpc) is 2.85. The van der Waals surface area contributed by atoms with Gasteiger partial charge in [0.15, 0.2) is 0 Å². The molecule has 2 aliphatic heterocycles. The van der Waals surface area contributed by atoms with E-state index in [1.54, 1.807) is 8.61 Å². The smallest absolute Gasteiger partial charge is 0.282 e. The van der Waals surface area contributed by atoms with Crippen LogP contribution in [0.3, 0.4) is 0 Å². The van der Waals surface area contributed by atoms with Crippen molar-refractivity contribution in [1.82, 2.24) is 13.9 Å². The molecule has 0 saturated carbocycles. The van der Waals surface area contributed by atoms with Crippen LogP contribution >= 0.6 is 24.0 Å². The van der Waals surface area contributed by atoms with Crippen molar-refractivity contribution in [2.24, 2.45) is 0 Å². The van der Waals surface area contributed by atoms with E-state index >= 15 is 0 Å². The molecule has 136 valence electrons. The van der Waals surface area contributed by atoms with E-state index < -0.39 is 10.2 Å². The summed E-state index contributed by atoms with van der Waals surface area (Å²) in [5, 5.41) is 3.92. The summed E-state index contributed by atoms with van der Waals surface area (Å²) in [5.41, 5.74) is 0.875. The standard InChI is InChI=1S/C16H24ClN3O2S.ClH/c17-15-8-4-3-7-14(15)16-13-18-9-12-20(16)23(21,22)19-10-5-1-2-6-11-19;/h3-4,7-8,16,18H,1-2,5-6,9-13H2;1H. The summed E-state index contributed by atoms with van der Waals surface area (Å²) in [7, 11) is -3.45. The minimum Gasteiger partial charge on any atom is -0.313 e. The van der Waals surface area contributed by atoms with Gasteiger partial charge in [0.25, 0.3) is 10.2 Å². The fourth-order valence-corrected chi connectivity index (χ4v) is 5.50. The lowest BCUT2D eigenvalue weighted by Crippen LogP contribution is -2.53. The first-order valence-corrected chi connectivity index (χ1v) is 10.1. The molecule has 1 aromatic rings. The Balaban J connectivity index is 0.00000208. The Hall–Kier alpha value is -0.370. The van der Waals surface area contributed by atoms with Gasteiger partial charge >= 0.3 is 0 Å². The fourth-order valence-electron chi connectivity index (χ4n) is 3.39. The molecule has 1 atom stereocenters. The maximum atomic E-state index is 13.2. The third-order valence-electron chi connectivity index (χ3n) is 4.65. The monoisotopic (exact) mass is 393 g/mol. The minimum atomic E-state index is -3.45. The summed E-state index contributed by atoms with van der Waals surface area (Å²) >= 11 is 6.32. The van der Waals surface area contributed by atoms with Crippen LogP contribution in [0.5, 0.6) is 0 Å². The molecule has 5 nitrogen and oxygen atoms in total. The number of nitrogens with zero attached hydrogens (tertiary/aromatic N) is 2. The van der Waals surface area contributed by atoms with E-state index in [1.165, 1.54) is 0 Å². The molecule has 0 aliphatic carbocycles. The molecule has 2 saturated heterocycles. The first-order chi connectivity index (χ1) is 11.1. The fraction of sp³-hybridized carbons (Fsp3) is 0.625. The summed E-state index contributed by atoms with van der Waals surface area (Å²) in [6.45, 7) is 3.00. The van der Waals surface area contributed by atoms with Crippen molar-refractivity contribution < 1.29 is 8.42 Å². The Kier molecular flexibility index (Phi) is 7.34. The maximum absolute atomic E-state index is 13.2. The summed E-state index contributed by atoms with van der Waals surface area (Å²) in [6, 6.07) is 7.28. The van der Waals surface area contributed by atoms with E-state index in [1.807, 2.05) is 24.3 Å². The van der Waals surface area contributed by atoms with E-state index in [2.05, 4.69) is 5.32 Å². The van der Waals surface area contributed by atoms with Crippen molar-refractivity contribution in [2.75, 3.05) is 32.7 Å². The van der Waals surface area contributed by atoms with Gasteiger partial charge in [0.05, 0.1) is 6.04 Å². The van der Waals surface area contributed by atoms with Crippen molar-refractivity contribution >= 4 is 34.2 Å². The SMILES string of the molecule is Cl.O=S(=O)(N1CCCCCC1)N1CCNCC1c1ccccc1Cl. The Morgan fingerprint density at radius 3 is 2.38 bits per heavy atom. The molecule has 1 aromatic carbocycles. The van der Waals surface area contributed by atoms with Crippen LogP contribution in [0.25, 0.3) is 0 Å². The highest BCUT2D eigenvalue weighted by molar-refractivity contribution is 7.86.